The van der Waals surface area contributed by atoms with Gasteiger partial charge in [-0.2, -0.15) is 0 Å². The van der Waals surface area contributed by atoms with Gasteiger partial charge < -0.3 is 19.3 Å². The molecule has 0 aliphatic carbocycles. The van der Waals surface area contributed by atoms with Gasteiger partial charge in [0.2, 0.25) is 0 Å². The summed E-state index contributed by atoms with van der Waals surface area (Å²) in [4.78, 5) is 2.29. The highest BCUT2D eigenvalue weighted by atomic mass is 19.1. The first kappa shape index (κ1) is 21.3. The van der Waals surface area contributed by atoms with E-state index in [1.165, 1.54) is 7.11 Å². The first-order chi connectivity index (χ1) is 13.1. The second-order valence-corrected chi connectivity index (χ2v) is 9.33. The van der Waals surface area contributed by atoms with Crippen molar-refractivity contribution in [3.63, 3.8) is 0 Å². The number of nitrogens with zero attached hydrogens (tertiary/aromatic N) is 1. The van der Waals surface area contributed by atoms with Crippen molar-refractivity contribution in [2.24, 2.45) is 5.92 Å². The monoisotopic (exact) mass is 395 g/mol. The summed E-state index contributed by atoms with van der Waals surface area (Å²) in [5, 5.41) is 10.7. The zero-order valence-corrected chi connectivity index (χ0v) is 17.9. The van der Waals surface area contributed by atoms with Crippen LogP contribution in [0.4, 0.5) is 4.39 Å². The van der Waals surface area contributed by atoms with Crippen LogP contribution in [0.15, 0.2) is 6.07 Å². The number of methoxy groups -OCH3 is 1. The van der Waals surface area contributed by atoms with Crippen LogP contribution in [0.25, 0.3) is 0 Å². The number of benzene rings is 1. The van der Waals surface area contributed by atoms with E-state index in [0.717, 1.165) is 12.1 Å². The summed E-state index contributed by atoms with van der Waals surface area (Å²) in [7, 11) is 1.53. The van der Waals surface area contributed by atoms with E-state index in [-0.39, 0.29) is 29.3 Å². The molecule has 6 heteroatoms. The van der Waals surface area contributed by atoms with Crippen LogP contribution in [0.5, 0.6) is 11.5 Å². The Bertz CT molecular complexity index is 701. The zero-order chi connectivity index (χ0) is 20.6. The van der Waals surface area contributed by atoms with Crippen LogP contribution in [-0.4, -0.2) is 54.6 Å². The fraction of sp³-hybridized carbons (Fsp3) is 0.727. The van der Waals surface area contributed by atoms with E-state index in [2.05, 4.69) is 4.90 Å². The smallest absolute Gasteiger partial charge is 0.197 e. The van der Waals surface area contributed by atoms with Gasteiger partial charge in [0.05, 0.1) is 31.5 Å². The van der Waals surface area contributed by atoms with Gasteiger partial charge in [-0.05, 0) is 56.7 Å². The number of halogens is 1. The van der Waals surface area contributed by atoms with Crippen molar-refractivity contribution in [2.75, 3.05) is 26.8 Å². The van der Waals surface area contributed by atoms with Gasteiger partial charge in [-0.1, -0.05) is 13.8 Å². The molecule has 5 nitrogen and oxygen atoms in total. The third-order valence-corrected chi connectivity index (χ3v) is 5.37. The summed E-state index contributed by atoms with van der Waals surface area (Å²) in [5.41, 5.74) is 1.26. The predicted molar refractivity (Wildman–Crippen MR) is 107 cm³/mol. The van der Waals surface area contributed by atoms with Crippen molar-refractivity contribution in [1.82, 2.24) is 4.90 Å². The summed E-state index contributed by atoms with van der Waals surface area (Å²) in [5.74, 6) is 0.594. The summed E-state index contributed by atoms with van der Waals surface area (Å²) >= 11 is 0. The highest BCUT2D eigenvalue weighted by molar-refractivity contribution is 5.51. The Morgan fingerprint density at radius 2 is 2.04 bits per heavy atom. The van der Waals surface area contributed by atoms with Gasteiger partial charge in [0.25, 0.3) is 0 Å². The van der Waals surface area contributed by atoms with Crippen molar-refractivity contribution >= 4 is 0 Å². The molecule has 1 fully saturated rings. The van der Waals surface area contributed by atoms with Crippen LogP contribution in [0, 0.1) is 11.7 Å². The Morgan fingerprint density at radius 1 is 1.32 bits per heavy atom. The maximum Gasteiger partial charge on any atom is 0.197 e. The SMILES string of the molecule is COc1cc2c(c(F)c1OCC(C)C)CCN1C[C@@H](OC(C)(C)C)[C@H](O)C[C@H]21. The van der Waals surface area contributed by atoms with Crippen LogP contribution >= 0.6 is 0 Å². The standard InChI is InChI=1S/C22H34FNO4/c1-13(2)12-27-21-18(26-6)9-15-14(20(21)23)7-8-24-11-19(28-22(3,4)5)17(25)10-16(15)24/h9,13,16-17,19,25H,7-8,10-12H2,1-6H3/t16-,17-,19-/m1/s1. The quantitative estimate of drug-likeness (QED) is 0.824. The van der Waals surface area contributed by atoms with Crippen molar-refractivity contribution in [3.05, 3.63) is 23.0 Å². The number of aliphatic hydroxyl groups excluding tert-OH is 1. The average molecular weight is 396 g/mol. The number of ether oxygens (including phenoxy) is 3. The molecule has 0 spiro atoms. The predicted octanol–water partition coefficient (Wildman–Crippen LogP) is 3.72. The molecule has 0 aromatic heterocycles. The van der Waals surface area contributed by atoms with Gasteiger partial charge in [0.1, 0.15) is 0 Å². The fourth-order valence-corrected chi connectivity index (χ4v) is 4.16. The van der Waals surface area contributed by atoms with Crippen molar-refractivity contribution in [3.8, 4) is 11.5 Å². The lowest BCUT2D eigenvalue weighted by atomic mass is 9.84. The topological polar surface area (TPSA) is 51.2 Å². The molecule has 1 N–H and O–H groups in total. The Balaban J connectivity index is 1.89. The Hall–Kier alpha value is -1.37. The van der Waals surface area contributed by atoms with Gasteiger partial charge in [0, 0.05) is 19.1 Å². The lowest BCUT2D eigenvalue weighted by molar-refractivity contribution is -0.149. The molecular formula is C22H34FNO4. The van der Waals surface area contributed by atoms with E-state index >= 15 is 4.39 Å². The Labute approximate surface area is 167 Å². The van der Waals surface area contributed by atoms with Gasteiger partial charge in [-0.3, -0.25) is 4.90 Å². The Morgan fingerprint density at radius 3 is 2.64 bits per heavy atom. The molecule has 1 saturated heterocycles. The number of piperidine rings is 1. The molecule has 1 aromatic rings. The van der Waals surface area contributed by atoms with Crippen LogP contribution in [0.1, 0.15) is 58.2 Å². The molecule has 3 rings (SSSR count). The minimum Gasteiger partial charge on any atom is -0.493 e. The number of hydrogen-bond acceptors (Lipinski definition) is 5. The second-order valence-electron chi connectivity index (χ2n) is 9.33. The summed E-state index contributed by atoms with van der Waals surface area (Å²) in [6.07, 6.45) is 0.302. The lowest BCUT2D eigenvalue weighted by Crippen LogP contribution is -2.53. The van der Waals surface area contributed by atoms with E-state index in [1.807, 2.05) is 40.7 Å². The molecule has 0 amide bonds. The lowest BCUT2D eigenvalue weighted by Gasteiger charge is -2.47. The van der Waals surface area contributed by atoms with Crippen LogP contribution in [0.3, 0.4) is 0 Å². The average Bonchev–Trinajstić information content (AvgIpc) is 2.60. The van der Waals surface area contributed by atoms with Crippen LogP contribution < -0.4 is 9.47 Å². The maximum atomic E-state index is 15.3. The molecular weight excluding hydrogens is 361 g/mol. The highest BCUT2D eigenvalue weighted by Crippen LogP contribution is 2.44. The molecule has 2 heterocycles. The highest BCUT2D eigenvalue weighted by Gasteiger charge is 2.41. The molecule has 0 radical (unpaired) electrons. The molecule has 158 valence electrons. The largest absolute Gasteiger partial charge is 0.493 e. The number of aliphatic hydroxyl groups is 1. The molecule has 3 atom stereocenters. The summed E-state index contributed by atoms with van der Waals surface area (Å²) < 4.78 is 32.5. The van der Waals surface area contributed by atoms with Crippen LogP contribution in [0.2, 0.25) is 0 Å². The molecule has 2 aliphatic rings. The molecule has 0 bridgehead atoms. The zero-order valence-electron chi connectivity index (χ0n) is 17.9. The van der Waals surface area contributed by atoms with Gasteiger partial charge in [-0.15, -0.1) is 0 Å². The third kappa shape index (κ3) is 4.44. The maximum absolute atomic E-state index is 15.3. The van der Waals surface area contributed by atoms with E-state index in [4.69, 9.17) is 14.2 Å². The first-order valence-corrected chi connectivity index (χ1v) is 10.2. The number of fused-ring (bicyclic) bond motifs is 3. The third-order valence-electron chi connectivity index (χ3n) is 5.37. The van der Waals surface area contributed by atoms with Crippen molar-refractivity contribution < 1.29 is 23.7 Å². The van der Waals surface area contributed by atoms with Gasteiger partial charge in [0.15, 0.2) is 17.3 Å². The normalized spacial score (nSPS) is 25.4. The first-order valence-electron chi connectivity index (χ1n) is 10.2. The second kappa shape index (κ2) is 8.17. The van der Waals surface area contributed by atoms with Crippen LogP contribution in [-0.2, 0) is 11.2 Å². The van der Waals surface area contributed by atoms with Crippen molar-refractivity contribution in [2.45, 2.75) is 71.3 Å². The fourth-order valence-electron chi connectivity index (χ4n) is 4.16. The minimum atomic E-state index is -0.586. The summed E-state index contributed by atoms with van der Waals surface area (Å²) in [6, 6.07) is 1.85. The number of hydrogen-bond donors (Lipinski definition) is 1. The van der Waals surface area contributed by atoms with E-state index in [0.29, 0.717) is 43.2 Å². The van der Waals surface area contributed by atoms with Gasteiger partial charge >= 0.3 is 0 Å². The number of rotatable bonds is 5. The molecule has 28 heavy (non-hydrogen) atoms. The van der Waals surface area contributed by atoms with E-state index in [9.17, 15) is 5.11 Å². The Kier molecular flexibility index (Phi) is 6.23. The molecule has 0 unspecified atom stereocenters. The minimum absolute atomic E-state index is 0.0406. The molecule has 1 aromatic carbocycles. The molecule has 0 saturated carbocycles. The van der Waals surface area contributed by atoms with Crippen molar-refractivity contribution in [1.29, 1.82) is 0 Å². The summed E-state index contributed by atoms with van der Waals surface area (Å²) in [6.45, 7) is 11.9. The molecule has 2 aliphatic heterocycles. The van der Waals surface area contributed by atoms with E-state index in [1.54, 1.807) is 0 Å². The van der Waals surface area contributed by atoms with E-state index < -0.39 is 6.10 Å². The van der Waals surface area contributed by atoms with Gasteiger partial charge in [-0.25, -0.2) is 4.39 Å².